The molecule has 0 saturated carbocycles. The van der Waals surface area contributed by atoms with Crippen LogP contribution in [0.25, 0.3) is 76.9 Å². The van der Waals surface area contributed by atoms with Crippen LogP contribution in [0.3, 0.4) is 0 Å². The predicted molar refractivity (Wildman–Crippen MR) is 165 cm³/mol. The van der Waals surface area contributed by atoms with E-state index in [4.69, 9.17) is 12.6 Å². The first-order chi connectivity index (χ1) is 24.4. The summed E-state index contributed by atoms with van der Waals surface area (Å²) in [6.07, 6.45) is 0. The molecule has 1 heteroatoms. The van der Waals surface area contributed by atoms with Crippen molar-refractivity contribution in [3.05, 3.63) is 145 Å². The third-order valence-corrected chi connectivity index (χ3v) is 6.99. The van der Waals surface area contributed by atoms with E-state index in [1.165, 1.54) is 0 Å². The average molecular weight is 509 g/mol. The summed E-state index contributed by atoms with van der Waals surface area (Å²) in [4.78, 5) is 0. The summed E-state index contributed by atoms with van der Waals surface area (Å²) in [7, 11) is 0. The third-order valence-electron chi connectivity index (χ3n) is 6.99. The lowest BCUT2D eigenvalue weighted by Crippen LogP contribution is -1.91. The van der Waals surface area contributed by atoms with E-state index >= 15 is 0 Å². The second kappa shape index (κ2) is 8.72. The summed E-state index contributed by atoms with van der Waals surface area (Å²) in [5.41, 5.74) is 1.05. The van der Waals surface area contributed by atoms with E-state index in [-0.39, 0.29) is 43.8 Å². The molecule has 0 bridgehead atoms. The van der Waals surface area contributed by atoms with Crippen molar-refractivity contribution in [2.24, 2.45) is 0 Å². The highest BCUT2D eigenvalue weighted by Gasteiger charge is 2.19. The summed E-state index contributed by atoms with van der Waals surface area (Å²) < 4.78 is 115. The van der Waals surface area contributed by atoms with Crippen LogP contribution < -0.4 is 0 Å². The van der Waals surface area contributed by atoms with Crippen LogP contribution in [0.4, 0.5) is 0 Å². The zero-order valence-electron chi connectivity index (χ0n) is 32.3. The fourth-order valence-electron chi connectivity index (χ4n) is 5.28. The maximum Gasteiger partial charge on any atom is 0.143 e. The van der Waals surface area contributed by atoms with E-state index in [1.807, 2.05) is 18.2 Å². The van der Waals surface area contributed by atoms with Crippen LogP contribution in [0.5, 0.6) is 0 Å². The van der Waals surface area contributed by atoms with E-state index in [2.05, 4.69) is 0 Å². The topological polar surface area (TPSA) is 13.1 Å². The van der Waals surface area contributed by atoms with Gasteiger partial charge in [0.25, 0.3) is 0 Å². The molecule has 0 unspecified atom stereocenters. The van der Waals surface area contributed by atoms with Crippen molar-refractivity contribution in [3.8, 4) is 33.4 Å². The summed E-state index contributed by atoms with van der Waals surface area (Å²) in [5, 5.41) is 0.776. The maximum atomic E-state index is 9.25. The van der Waals surface area contributed by atoms with Gasteiger partial charge >= 0.3 is 0 Å². The highest BCUT2D eigenvalue weighted by Crippen LogP contribution is 2.46. The highest BCUT2D eigenvalue weighted by atomic mass is 16.3. The van der Waals surface area contributed by atoms with E-state index in [9.17, 15) is 8.22 Å². The van der Waals surface area contributed by atoms with Gasteiger partial charge in [-0.05, 0) is 49.9 Å². The Bertz CT molecular complexity index is 2720. The minimum atomic E-state index is -0.641. The Morgan fingerprint density at radius 2 is 0.974 bits per heavy atom. The van der Waals surface area contributed by atoms with Gasteiger partial charge in [0.05, 0.1) is 16.4 Å². The van der Waals surface area contributed by atoms with E-state index < -0.39 is 72.5 Å². The molecule has 8 aromatic rings. The molecule has 0 aliphatic rings. The molecule has 1 aromatic heterocycles. The van der Waals surface area contributed by atoms with Crippen LogP contribution in [0.2, 0.25) is 0 Å². The summed E-state index contributed by atoms with van der Waals surface area (Å²) in [6.45, 7) is 0. The Labute approximate surface area is 243 Å². The number of rotatable bonds is 3. The molecule has 1 heterocycles. The van der Waals surface area contributed by atoms with Crippen molar-refractivity contribution < 1.29 is 20.9 Å². The molecule has 0 spiro atoms. The monoisotopic (exact) mass is 508 g/mol. The molecular weight excluding hydrogens is 472 g/mol. The smallest absolute Gasteiger partial charge is 0.143 e. The van der Waals surface area contributed by atoms with Gasteiger partial charge in [0, 0.05) is 21.9 Å². The Morgan fingerprint density at radius 3 is 1.67 bits per heavy atom. The molecule has 0 aliphatic carbocycles. The molecule has 0 aliphatic heterocycles. The fourth-order valence-corrected chi connectivity index (χ4v) is 5.28. The minimum absolute atomic E-state index is 0.0138. The first kappa shape index (κ1) is 13.1. The van der Waals surface area contributed by atoms with Gasteiger partial charge in [-0.25, -0.2) is 0 Å². The maximum absolute atomic E-state index is 9.25. The van der Waals surface area contributed by atoms with Crippen molar-refractivity contribution in [1.82, 2.24) is 0 Å². The van der Waals surface area contributed by atoms with Gasteiger partial charge < -0.3 is 4.42 Å². The zero-order chi connectivity index (χ0) is 36.2. The Kier molecular flexibility index (Phi) is 2.92. The Hall–Kier alpha value is -5.14. The number of benzene rings is 7. The summed E-state index contributed by atoms with van der Waals surface area (Å²) >= 11 is 0. The molecule has 39 heavy (non-hydrogen) atoms. The van der Waals surface area contributed by atoms with Crippen LogP contribution in [0.15, 0.2) is 150 Å². The van der Waals surface area contributed by atoms with Gasteiger partial charge in [0.15, 0.2) is 0 Å². The third kappa shape index (κ3) is 3.41. The first-order valence-electron chi connectivity index (χ1n) is 18.4. The van der Waals surface area contributed by atoms with E-state index in [0.29, 0.717) is 27.7 Å². The number of para-hydroxylation sites is 2. The molecule has 0 saturated heterocycles. The number of hydrogen-bond donors (Lipinski definition) is 0. The first-order valence-corrected chi connectivity index (χ1v) is 12.4. The van der Waals surface area contributed by atoms with Crippen LogP contribution in [-0.2, 0) is 0 Å². The van der Waals surface area contributed by atoms with Gasteiger partial charge in [-0.3, -0.25) is 0 Å². The molecule has 0 amide bonds. The zero-order valence-corrected chi connectivity index (χ0v) is 20.3. The Morgan fingerprint density at radius 1 is 0.410 bits per heavy atom. The van der Waals surface area contributed by atoms with Crippen LogP contribution in [0, 0.1) is 0 Å². The molecule has 8 rings (SSSR count). The lowest BCUT2D eigenvalue weighted by molar-refractivity contribution is 0.670. The predicted octanol–water partition coefficient (Wildman–Crippen LogP) is 10.9. The second-order valence-corrected chi connectivity index (χ2v) is 9.15. The van der Waals surface area contributed by atoms with Gasteiger partial charge in [-0.1, -0.05) is 139 Å². The van der Waals surface area contributed by atoms with Crippen molar-refractivity contribution in [2.45, 2.75) is 0 Å². The largest absolute Gasteiger partial charge is 0.455 e. The molecule has 0 radical (unpaired) electrons. The van der Waals surface area contributed by atoms with Crippen molar-refractivity contribution in [3.63, 3.8) is 0 Å². The molecule has 0 N–H and O–H groups in total. The fraction of sp³-hybridized carbons (Fsp3) is 0. The average Bonchev–Trinajstić information content (AvgIpc) is 3.53. The lowest BCUT2D eigenvalue weighted by Gasteiger charge is -2.18. The highest BCUT2D eigenvalue weighted by molar-refractivity contribution is 6.24. The van der Waals surface area contributed by atoms with Gasteiger partial charge in [0.1, 0.15) is 11.2 Å². The molecule has 0 fully saturated rings. The van der Waals surface area contributed by atoms with Crippen molar-refractivity contribution >= 4 is 43.5 Å². The molecule has 182 valence electrons. The number of furan rings is 1. The van der Waals surface area contributed by atoms with Gasteiger partial charge in [-0.15, -0.1) is 0 Å². The molecule has 1 nitrogen and oxygen atoms in total. The lowest BCUT2D eigenvalue weighted by atomic mass is 9.85. The molecule has 0 atom stereocenters. The summed E-state index contributed by atoms with van der Waals surface area (Å²) in [5.74, 6) is 0. The molecule has 7 aromatic carbocycles. The normalized spacial score (nSPS) is 15.9. The van der Waals surface area contributed by atoms with Gasteiger partial charge in [-0.2, -0.15) is 0 Å². The minimum Gasteiger partial charge on any atom is -0.455 e. The Balaban J connectivity index is 1.69. The van der Waals surface area contributed by atoms with Crippen LogP contribution >= 0.6 is 0 Å². The van der Waals surface area contributed by atoms with Crippen molar-refractivity contribution in [1.29, 1.82) is 0 Å². The SMILES string of the molecule is [2H]c1c([2H])c(-c2c3c([2H])c([2H])c([2H])c([2H])c3c(-c3cccc4c3oc3ccccc34)c3c([2H])c([2H])c([2H])c([2H])c23)c([2H])c([2H])c1-c1ccccc1. The number of fused-ring (bicyclic) bond motifs is 5. The van der Waals surface area contributed by atoms with Crippen LogP contribution in [0.1, 0.15) is 16.4 Å². The standard InChI is InChI=1S/C38H24O/c1-2-11-25(12-3-1)26-21-23-27(24-22-26)36-29-14-4-6-16-31(29)37(32-17-7-5-15-30(32)36)34-19-10-18-33-28-13-8-9-20-35(28)39-38(33)34/h1-24H/i4D,5D,6D,7D,14D,15D,16D,17D,21D,22D,23D,24D. The van der Waals surface area contributed by atoms with Crippen molar-refractivity contribution in [2.75, 3.05) is 0 Å². The number of hydrogen-bond acceptors (Lipinski definition) is 1. The summed E-state index contributed by atoms with van der Waals surface area (Å²) in [6, 6.07) is 14.4. The van der Waals surface area contributed by atoms with E-state index in [0.717, 1.165) is 5.39 Å². The van der Waals surface area contributed by atoms with Gasteiger partial charge in [0.2, 0.25) is 0 Å². The second-order valence-electron chi connectivity index (χ2n) is 9.15. The van der Waals surface area contributed by atoms with Crippen LogP contribution in [-0.4, -0.2) is 0 Å². The molecular formula is C38H24O. The quantitative estimate of drug-likeness (QED) is 0.216. The van der Waals surface area contributed by atoms with E-state index in [1.54, 1.807) is 54.6 Å².